The van der Waals surface area contributed by atoms with Crippen molar-refractivity contribution in [2.24, 2.45) is 5.73 Å². The smallest absolute Gasteiger partial charge is 0.312 e. The number of rotatable bonds is 3. The van der Waals surface area contributed by atoms with Gasteiger partial charge >= 0.3 is 5.97 Å². The lowest BCUT2D eigenvalue weighted by Crippen LogP contribution is -2.23. The minimum atomic E-state index is -1.64. The van der Waals surface area contributed by atoms with Gasteiger partial charge in [-0.05, 0) is 15.9 Å². The Morgan fingerprint density at radius 3 is 2.29 bits per heavy atom. The predicted molar refractivity (Wildman–Crippen MR) is 58.5 cm³/mol. The first-order valence-electron chi connectivity index (χ1n) is 4.27. The Morgan fingerprint density at radius 2 is 1.88 bits per heavy atom. The van der Waals surface area contributed by atoms with Crippen molar-refractivity contribution in [3.63, 3.8) is 0 Å². The molecule has 3 N–H and O–H groups in total. The Morgan fingerprint density at radius 1 is 1.35 bits per heavy atom. The molecule has 1 atom stereocenters. The van der Waals surface area contributed by atoms with E-state index < -0.39 is 50.9 Å². The largest absolute Gasteiger partial charge is 0.481 e. The van der Waals surface area contributed by atoms with Crippen LogP contribution in [0.2, 0.25) is 5.02 Å². The van der Waals surface area contributed by atoms with Gasteiger partial charge in [0, 0.05) is 12.1 Å². The number of carboxylic acid groups (broad SMARTS) is 1. The van der Waals surface area contributed by atoms with Gasteiger partial charge in [0.1, 0.15) is 5.02 Å². The highest BCUT2D eigenvalue weighted by Gasteiger charge is 2.30. The van der Waals surface area contributed by atoms with Crippen LogP contribution in [0.1, 0.15) is 11.5 Å². The summed E-state index contributed by atoms with van der Waals surface area (Å²) in [4.78, 5) is 10.8. The first-order valence-corrected chi connectivity index (χ1v) is 5.44. The van der Waals surface area contributed by atoms with Crippen LogP contribution in [-0.2, 0) is 4.79 Å². The molecule has 0 bridgehead atoms. The van der Waals surface area contributed by atoms with Gasteiger partial charge < -0.3 is 10.8 Å². The second-order valence-electron chi connectivity index (χ2n) is 3.11. The van der Waals surface area contributed by atoms with E-state index in [4.69, 9.17) is 22.4 Å². The van der Waals surface area contributed by atoms with Gasteiger partial charge in [-0.1, -0.05) is 11.6 Å². The molecule has 1 unspecified atom stereocenters. The van der Waals surface area contributed by atoms with Gasteiger partial charge in [-0.3, -0.25) is 4.79 Å². The second kappa shape index (κ2) is 5.24. The van der Waals surface area contributed by atoms with Crippen molar-refractivity contribution in [2.75, 3.05) is 6.54 Å². The molecule has 3 nitrogen and oxygen atoms in total. The monoisotopic (exact) mass is 331 g/mol. The number of benzene rings is 1. The molecule has 0 aliphatic rings. The number of aliphatic carboxylic acids is 1. The van der Waals surface area contributed by atoms with Crippen LogP contribution in [0.3, 0.4) is 0 Å². The van der Waals surface area contributed by atoms with Crippen LogP contribution in [0.25, 0.3) is 0 Å². The third-order valence-corrected chi connectivity index (χ3v) is 3.23. The lowest BCUT2D eigenvalue weighted by Gasteiger charge is -2.15. The van der Waals surface area contributed by atoms with E-state index in [2.05, 4.69) is 15.9 Å². The maximum Gasteiger partial charge on any atom is 0.312 e. The minimum Gasteiger partial charge on any atom is -0.481 e. The van der Waals surface area contributed by atoms with Gasteiger partial charge in [0.15, 0.2) is 17.5 Å². The van der Waals surface area contributed by atoms with E-state index in [9.17, 15) is 18.0 Å². The number of hydrogen-bond acceptors (Lipinski definition) is 2. The normalized spacial score (nSPS) is 12.6. The maximum atomic E-state index is 13.5. The summed E-state index contributed by atoms with van der Waals surface area (Å²) in [5.41, 5.74) is 4.44. The lowest BCUT2D eigenvalue weighted by atomic mass is 9.98. The quantitative estimate of drug-likeness (QED) is 0.661. The number of carboxylic acids is 1. The Bertz CT molecular complexity index is 455. The van der Waals surface area contributed by atoms with E-state index in [0.717, 1.165) is 0 Å². The van der Waals surface area contributed by atoms with E-state index in [-0.39, 0.29) is 0 Å². The van der Waals surface area contributed by atoms with Crippen molar-refractivity contribution in [1.29, 1.82) is 0 Å². The standard InChI is InChI=1S/C9H6BrClF3NO2/c10-4-3(2(1-15)9(16)17)6(12)8(14)5(11)7(4)13/h2H,1,15H2,(H,16,17). The van der Waals surface area contributed by atoms with Crippen molar-refractivity contribution in [1.82, 2.24) is 0 Å². The SMILES string of the molecule is NCC(C(=O)O)c1c(F)c(F)c(Cl)c(F)c1Br. The van der Waals surface area contributed by atoms with Crippen molar-refractivity contribution in [3.05, 3.63) is 32.5 Å². The molecular formula is C9H6BrClF3NO2. The average Bonchev–Trinajstić information content (AvgIpc) is 2.29. The van der Waals surface area contributed by atoms with E-state index in [1.807, 2.05) is 0 Å². The molecule has 1 rings (SSSR count). The summed E-state index contributed by atoms with van der Waals surface area (Å²) in [5.74, 6) is -7.48. The summed E-state index contributed by atoms with van der Waals surface area (Å²) in [7, 11) is 0. The van der Waals surface area contributed by atoms with Crippen LogP contribution >= 0.6 is 27.5 Å². The molecule has 94 valence electrons. The molecule has 0 saturated carbocycles. The zero-order valence-corrected chi connectivity index (χ0v) is 10.4. The minimum absolute atomic E-state index is 0.509. The van der Waals surface area contributed by atoms with Crippen LogP contribution in [0.4, 0.5) is 13.2 Å². The zero-order chi connectivity index (χ0) is 13.3. The molecule has 17 heavy (non-hydrogen) atoms. The number of hydrogen-bond donors (Lipinski definition) is 2. The van der Waals surface area contributed by atoms with Crippen LogP contribution in [0, 0.1) is 17.5 Å². The summed E-state index contributed by atoms with van der Waals surface area (Å²) in [6.45, 7) is -0.509. The van der Waals surface area contributed by atoms with Crippen LogP contribution in [0.5, 0.6) is 0 Å². The Hall–Kier alpha value is -0.790. The molecular weight excluding hydrogens is 326 g/mol. The average molecular weight is 333 g/mol. The fourth-order valence-electron chi connectivity index (χ4n) is 1.27. The highest BCUT2D eigenvalue weighted by molar-refractivity contribution is 9.10. The predicted octanol–water partition coefficient (Wildman–Crippen LogP) is 2.65. The molecule has 0 radical (unpaired) electrons. The first kappa shape index (κ1) is 14.3. The van der Waals surface area contributed by atoms with Crippen LogP contribution in [0.15, 0.2) is 4.47 Å². The molecule has 0 saturated heterocycles. The molecule has 0 heterocycles. The maximum absolute atomic E-state index is 13.5. The van der Waals surface area contributed by atoms with E-state index in [1.54, 1.807) is 0 Å². The van der Waals surface area contributed by atoms with Gasteiger partial charge in [0.25, 0.3) is 0 Å². The fraction of sp³-hybridized carbons (Fsp3) is 0.222. The van der Waals surface area contributed by atoms with E-state index in [1.165, 1.54) is 0 Å². The van der Waals surface area contributed by atoms with Gasteiger partial charge in [-0.15, -0.1) is 0 Å². The van der Waals surface area contributed by atoms with Gasteiger partial charge in [0.05, 0.1) is 10.4 Å². The van der Waals surface area contributed by atoms with Crippen molar-refractivity contribution in [2.45, 2.75) is 5.92 Å². The lowest BCUT2D eigenvalue weighted by molar-refractivity contribution is -0.138. The van der Waals surface area contributed by atoms with Gasteiger partial charge in [-0.2, -0.15) is 0 Å². The number of nitrogens with two attached hydrogens (primary N) is 1. The highest BCUT2D eigenvalue weighted by Crippen LogP contribution is 2.36. The molecule has 0 amide bonds. The van der Waals surface area contributed by atoms with Crippen molar-refractivity contribution in [3.8, 4) is 0 Å². The Kier molecular flexibility index (Phi) is 4.40. The first-order chi connectivity index (χ1) is 7.82. The molecule has 0 aliphatic heterocycles. The third kappa shape index (κ3) is 2.41. The summed E-state index contributed by atoms with van der Waals surface area (Å²) < 4.78 is 39.5. The molecule has 1 aromatic rings. The summed E-state index contributed by atoms with van der Waals surface area (Å²) in [5, 5.41) is 7.74. The second-order valence-corrected chi connectivity index (χ2v) is 4.28. The topological polar surface area (TPSA) is 63.3 Å². The molecule has 0 fully saturated rings. The third-order valence-electron chi connectivity index (χ3n) is 2.13. The fourth-order valence-corrected chi connectivity index (χ4v) is 2.21. The van der Waals surface area contributed by atoms with Gasteiger partial charge in [0.2, 0.25) is 0 Å². The Labute approximate surface area is 107 Å². The molecule has 8 heteroatoms. The molecule has 0 spiro atoms. The molecule has 0 aromatic heterocycles. The number of carbonyl (C=O) groups is 1. The van der Waals surface area contributed by atoms with Crippen molar-refractivity contribution >= 4 is 33.5 Å². The summed E-state index contributed by atoms with van der Waals surface area (Å²) in [6.07, 6.45) is 0. The molecule has 1 aromatic carbocycles. The number of halogens is 5. The Balaban J connectivity index is 3.58. The summed E-state index contributed by atoms with van der Waals surface area (Å²) >= 11 is 7.83. The van der Waals surface area contributed by atoms with E-state index >= 15 is 0 Å². The molecule has 0 aliphatic carbocycles. The zero-order valence-electron chi connectivity index (χ0n) is 8.11. The van der Waals surface area contributed by atoms with Gasteiger partial charge in [-0.25, -0.2) is 13.2 Å². The van der Waals surface area contributed by atoms with E-state index in [0.29, 0.717) is 0 Å². The van der Waals surface area contributed by atoms with Crippen LogP contribution < -0.4 is 5.73 Å². The van der Waals surface area contributed by atoms with Crippen LogP contribution in [-0.4, -0.2) is 17.6 Å². The highest BCUT2D eigenvalue weighted by atomic mass is 79.9. The summed E-state index contributed by atoms with van der Waals surface area (Å²) in [6, 6.07) is 0. The van der Waals surface area contributed by atoms with Crippen molar-refractivity contribution < 1.29 is 23.1 Å².